The van der Waals surface area contributed by atoms with Gasteiger partial charge in [-0.25, -0.2) is 13.6 Å². The van der Waals surface area contributed by atoms with E-state index < -0.39 is 29.1 Å². The van der Waals surface area contributed by atoms with Crippen LogP contribution in [-0.2, 0) is 0 Å². The van der Waals surface area contributed by atoms with Crippen LogP contribution in [0.1, 0.15) is 22.3 Å². The zero-order valence-corrected chi connectivity index (χ0v) is 7.58. The number of carboxylic acid groups (broad SMARTS) is 1. The van der Waals surface area contributed by atoms with Crippen LogP contribution in [0.4, 0.5) is 8.78 Å². The molecule has 1 aromatic rings. The molecule has 0 radical (unpaired) electrons. The van der Waals surface area contributed by atoms with Gasteiger partial charge in [-0.3, -0.25) is 9.78 Å². The van der Waals surface area contributed by atoms with E-state index in [0.29, 0.717) is 6.07 Å². The van der Waals surface area contributed by atoms with Crippen molar-refractivity contribution >= 4 is 5.97 Å². The normalized spacial score (nSPS) is 10.4. The van der Waals surface area contributed by atoms with E-state index in [0.717, 1.165) is 7.11 Å². The van der Waals surface area contributed by atoms with Gasteiger partial charge < -0.3 is 9.84 Å². The highest BCUT2D eigenvalue weighted by molar-refractivity contribution is 5.90. The van der Waals surface area contributed by atoms with Crippen molar-refractivity contribution in [3.05, 3.63) is 27.5 Å². The standard InChI is InChI=1S/C8H7F2NO4/c1-15-7-4(8(13)14)2-3(5(9)10)6(12)11-7/h2,5H,1H3,(H,11,12)(H,13,14). The third kappa shape index (κ3) is 2.12. The van der Waals surface area contributed by atoms with E-state index in [1.165, 1.54) is 0 Å². The molecule has 1 heterocycles. The average Bonchev–Trinajstić information content (AvgIpc) is 2.16. The van der Waals surface area contributed by atoms with Gasteiger partial charge in [-0.2, -0.15) is 0 Å². The predicted molar refractivity (Wildman–Crippen MR) is 45.5 cm³/mol. The summed E-state index contributed by atoms with van der Waals surface area (Å²) in [4.78, 5) is 23.5. The Morgan fingerprint density at radius 1 is 1.60 bits per heavy atom. The first-order valence-corrected chi connectivity index (χ1v) is 3.80. The first kappa shape index (κ1) is 11.2. The summed E-state index contributed by atoms with van der Waals surface area (Å²) in [6.45, 7) is 0. The van der Waals surface area contributed by atoms with Gasteiger partial charge >= 0.3 is 5.97 Å². The molecule has 1 aromatic heterocycles. The fourth-order valence-corrected chi connectivity index (χ4v) is 1.01. The Hall–Kier alpha value is -1.92. The van der Waals surface area contributed by atoms with Crippen LogP contribution < -0.4 is 10.3 Å². The summed E-state index contributed by atoms with van der Waals surface area (Å²) in [5.74, 6) is -1.80. The molecule has 0 bridgehead atoms. The first-order valence-electron chi connectivity index (χ1n) is 3.80. The number of aromatic nitrogens is 1. The molecular formula is C8H7F2NO4. The molecule has 0 saturated carbocycles. The van der Waals surface area contributed by atoms with Crippen molar-refractivity contribution in [2.75, 3.05) is 7.11 Å². The maximum atomic E-state index is 12.3. The van der Waals surface area contributed by atoms with Gasteiger partial charge in [-0.15, -0.1) is 0 Å². The molecule has 0 unspecified atom stereocenters. The minimum atomic E-state index is -3.03. The Balaban J connectivity index is 3.44. The van der Waals surface area contributed by atoms with E-state index in [-0.39, 0.29) is 5.88 Å². The maximum absolute atomic E-state index is 12.3. The Kier molecular flexibility index (Phi) is 3.03. The molecule has 7 heteroatoms. The number of nitrogens with one attached hydrogen (secondary N) is 1. The maximum Gasteiger partial charge on any atom is 0.341 e. The minimum Gasteiger partial charge on any atom is -0.482 e. The van der Waals surface area contributed by atoms with E-state index >= 15 is 0 Å². The predicted octanol–water partition coefficient (Wildman–Crippen LogP) is 1.02. The molecule has 0 saturated heterocycles. The quantitative estimate of drug-likeness (QED) is 0.795. The van der Waals surface area contributed by atoms with Gasteiger partial charge in [0.25, 0.3) is 12.0 Å². The van der Waals surface area contributed by atoms with Gasteiger partial charge in [0.2, 0.25) is 5.88 Å². The fraction of sp³-hybridized carbons (Fsp3) is 0.250. The summed E-state index contributed by atoms with van der Waals surface area (Å²) in [7, 11) is 1.12. The van der Waals surface area contributed by atoms with Crippen molar-refractivity contribution in [2.24, 2.45) is 0 Å². The number of carbonyl (C=O) groups is 1. The molecular weight excluding hydrogens is 212 g/mol. The number of hydrogen-bond donors (Lipinski definition) is 2. The van der Waals surface area contributed by atoms with E-state index in [4.69, 9.17) is 5.11 Å². The molecule has 82 valence electrons. The van der Waals surface area contributed by atoms with E-state index in [1.54, 1.807) is 0 Å². The molecule has 0 aliphatic heterocycles. The number of ether oxygens (including phenoxy) is 1. The summed E-state index contributed by atoms with van der Waals surface area (Å²) >= 11 is 0. The zero-order valence-electron chi connectivity index (χ0n) is 7.58. The fourth-order valence-electron chi connectivity index (χ4n) is 1.01. The number of pyridine rings is 1. The van der Waals surface area contributed by atoms with Crippen molar-refractivity contribution in [3.8, 4) is 5.88 Å². The molecule has 15 heavy (non-hydrogen) atoms. The van der Waals surface area contributed by atoms with Crippen LogP contribution in [0.2, 0.25) is 0 Å². The van der Waals surface area contributed by atoms with Crippen LogP contribution in [0.5, 0.6) is 5.88 Å². The summed E-state index contributed by atoms with van der Waals surface area (Å²) in [5, 5.41) is 8.65. The molecule has 1 rings (SSSR count). The monoisotopic (exact) mass is 219 g/mol. The third-order valence-corrected chi connectivity index (χ3v) is 1.70. The largest absolute Gasteiger partial charge is 0.482 e. The van der Waals surface area contributed by atoms with Gasteiger partial charge in [0, 0.05) is 0 Å². The number of halogens is 2. The molecule has 0 amide bonds. The Bertz CT molecular complexity index is 441. The van der Waals surface area contributed by atoms with Crippen LogP contribution in [-0.4, -0.2) is 23.2 Å². The van der Waals surface area contributed by atoms with Crippen molar-refractivity contribution < 1.29 is 23.4 Å². The number of hydrogen-bond acceptors (Lipinski definition) is 3. The van der Waals surface area contributed by atoms with Crippen molar-refractivity contribution in [3.63, 3.8) is 0 Å². The lowest BCUT2D eigenvalue weighted by Gasteiger charge is -2.06. The van der Waals surface area contributed by atoms with Crippen LogP contribution in [0.25, 0.3) is 0 Å². The van der Waals surface area contributed by atoms with Crippen molar-refractivity contribution in [2.45, 2.75) is 6.43 Å². The number of rotatable bonds is 3. The Morgan fingerprint density at radius 3 is 2.60 bits per heavy atom. The van der Waals surface area contributed by atoms with Crippen molar-refractivity contribution in [1.29, 1.82) is 0 Å². The second kappa shape index (κ2) is 4.07. The van der Waals surface area contributed by atoms with Crippen LogP contribution in [0, 0.1) is 0 Å². The van der Waals surface area contributed by atoms with E-state index in [1.807, 2.05) is 4.98 Å². The van der Waals surface area contributed by atoms with Crippen LogP contribution in [0.15, 0.2) is 10.9 Å². The average molecular weight is 219 g/mol. The highest BCUT2D eigenvalue weighted by Crippen LogP contribution is 2.20. The number of alkyl halides is 2. The number of aromatic amines is 1. The van der Waals surface area contributed by atoms with Gasteiger partial charge in [0.1, 0.15) is 5.56 Å². The lowest BCUT2D eigenvalue weighted by atomic mass is 10.2. The first-order chi connectivity index (χ1) is 6.97. The van der Waals surface area contributed by atoms with Gasteiger partial charge in [0.05, 0.1) is 12.7 Å². The summed E-state index contributed by atoms with van der Waals surface area (Å²) in [6.07, 6.45) is -3.03. The molecule has 0 aliphatic carbocycles. The zero-order chi connectivity index (χ0) is 11.6. The number of H-pyrrole nitrogens is 1. The van der Waals surface area contributed by atoms with Crippen molar-refractivity contribution in [1.82, 2.24) is 4.98 Å². The van der Waals surface area contributed by atoms with E-state index in [2.05, 4.69) is 4.74 Å². The van der Waals surface area contributed by atoms with Crippen LogP contribution >= 0.6 is 0 Å². The summed E-state index contributed by atoms with van der Waals surface area (Å²) in [6, 6.07) is 0.602. The molecule has 0 fully saturated rings. The molecule has 0 aromatic carbocycles. The summed E-state index contributed by atoms with van der Waals surface area (Å²) < 4.78 is 29.0. The highest BCUT2D eigenvalue weighted by Gasteiger charge is 2.19. The molecule has 0 aliphatic rings. The molecule has 0 atom stereocenters. The Morgan fingerprint density at radius 2 is 2.20 bits per heavy atom. The lowest BCUT2D eigenvalue weighted by Crippen LogP contribution is -2.17. The summed E-state index contributed by atoms with van der Waals surface area (Å²) in [5.41, 5.74) is -2.47. The van der Waals surface area contributed by atoms with Gasteiger partial charge in [0.15, 0.2) is 0 Å². The third-order valence-electron chi connectivity index (χ3n) is 1.70. The number of carboxylic acids is 1. The highest BCUT2D eigenvalue weighted by atomic mass is 19.3. The second-order valence-corrected chi connectivity index (χ2v) is 2.61. The smallest absolute Gasteiger partial charge is 0.341 e. The van der Waals surface area contributed by atoms with Crippen LogP contribution in [0.3, 0.4) is 0 Å². The van der Waals surface area contributed by atoms with Gasteiger partial charge in [-0.05, 0) is 6.07 Å². The molecule has 0 spiro atoms. The SMILES string of the molecule is COc1[nH]c(=O)c(C(F)F)cc1C(=O)O. The van der Waals surface area contributed by atoms with E-state index in [9.17, 15) is 18.4 Å². The Labute approximate surface area is 82.3 Å². The second-order valence-electron chi connectivity index (χ2n) is 2.61. The molecule has 5 nitrogen and oxygen atoms in total. The number of aromatic carboxylic acids is 1. The lowest BCUT2D eigenvalue weighted by molar-refractivity contribution is 0.0691. The molecule has 2 N–H and O–H groups in total. The topological polar surface area (TPSA) is 79.4 Å². The number of methoxy groups -OCH3 is 1. The minimum absolute atomic E-state index is 0.350. The van der Waals surface area contributed by atoms with Gasteiger partial charge in [-0.1, -0.05) is 0 Å².